The third-order valence-corrected chi connectivity index (χ3v) is 6.29. The minimum absolute atomic E-state index is 0.0153. The quantitative estimate of drug-likeness (QED) is 0.804. The van der Waals surface area contributed by atoms with E-state index >= 15 is 0 Å². The molecular weight excluding hydrogens is 363 g/mol. The van der Waals surface area contributed by atoms with Crippen LogP contribution in [0.1, 0.15) is 58.3 Å². The lowest BCUT2D eigenvalue weighted by atomic mass is 9.88. The van der Waals surface area contributed by atoms with Gasteiger partial charge in [-0.25, -0.2) is 4.39 Å². The fourth-order valence-corrected chi connectivity index (χ4v) is 4.95. The van der Waals surface area contributed by atoms with Gasteiger partial charge in [0, 0.05) is 18.0 Å². The van der Waals surface area contributed by atoms with Crippen molar-refractivity contribution in [2.45, 2.75) is 40.0 Å². The average molecular weight is 389 g/mol. The largest absolute Gasteiger partial charge is 0.339 e. The Balaban J connectivity index is 2.00. The summed E-state index contributed by atoms with van der Waals surface area (Å²) in [4.78, 5) is 28.7. The van der Waals surface area contributed by atoms with Crippen LogP contribution in [0.2, 0.25) is 0 Å². The predicted molar refractivity (Wildman–Crippen MR) is 107 cm³/mol. The molecule has 0 bridgehead atoms. The van der Waals surface area contributed by atoms with Crippen molar-refractivity contribution < 1.29 is 14.0 Å². The number of thiophene rings is 1. The zero-order valence-electron chi connectivity index (χ0n) is 16.0. The molecule has 2 aromatic rings. The van der Waals surface area contributed by atoms with E-state index in [9.17, 15) is 14.0 Å². The van der Waals surface area contributed by atoms with Crippen LogP contribution < -0.4 is 5.32 Å². The Morgan fingerprint density at radius 1 is 1.26 bits per heavy atom. The number of rotatable bonds is 5. The van der Waals surface area contributed by atoms with E-state index in [0.717, 1.165) is 29.7 Å². The van der Waals surface area contributed by atoms with Gasteiger partial charge in [-0.2, -0.15) is 0 Å². The Morgan fingerprint density at radius 2 is 1.96 bits per heavy atom. The van der Waals surface area contributed by atoms with E-state index in [4.69, 9.17) is 0 Å². The maximum Gasteiger partial charge on any atom is 0.259 e. The van der Waals surface area contributed by atoms with Crippen molar-refractivity contribution in [3.63, 3.8) is 0 Å². The van der Waals surface area contributed by atoms with Crippen LogP contribution in [0.5, 0.6) is 0 Å². The molecule has 0 radical (unpaired) electrons. The minimum atomic E-state index is -0.568. The van der Waals surface area contributed by atoms with Crippen LogP contribution in [0.15, 0.2) is 24.3 Å². The van der Waals surface area contributed by atoms with Gasteiger partial charge in [0.05, 0.1) is 11.1 Å². The maximum atomic E-state index is 14.0. The highest BCUT2D eigenvalue weighted by Crippen LogP contribution is 2.40. The molecule has 1 unspecified atom stereocenters. The fraction of sp³-hybridized carbons (Fsp3) is 0.429. The third-order valence-electron chi connectivity index (χ3n) is 5.12. The van der Waals surface area contributed by atoms with Crippen LogP contribution >= 0.6 is 11.3 Å². The van der Waals surface area contributed by atoms with Crippen LogP contribution in [0.3, 0.4) is 0 Å². The number of carbonyl (C=O) groups excluding carboxylic acids is 2. The number of fused-ring (bicyclic) bond motifs is 1. The first kappa shape index (κ1) is 19.5. The molecule has 2 amide bonds. The molecule has 0 spiro atoms. The summed E-state index contributed by atoms with van der Waals surface area (Å²) in [5.74, 6) is -0.589. The standard InChI is InChI=1S/C21H25FN2O2S/c1-4-24(5-2)21(26)18-15-11-10-13(3)12-17(15)27-20(18)23-19(25)14-8-6-7-9-16(14)22/h6-9,13H,4-5,10-12H2,1-3H3,(H,23,25). The van der Waals surface area contributed by atoms with Gasteiger partial charge in [0.1, 0.15) is 10.8 Å². The molecular formula is C21H25FN2O2S. The van der Waals surface area contributed by atoms with Crippen molar-refractivity contribution in [1.29, 1.82) is 0 Å². The van der Waals surface area contributed by atoms with Gasteiger partial charge in [0.25, 0.3) is 11.8 Å². The summed E-state index contributed by atoms with van der Waals surface area (Å²) in [6.45, 7) is 7.31. The summed E-state index contributed by atoms with van der Waals surface area (Å²) in [7, 11) is 0. The second-order valence-electron chi connectivity index (χ2n) is 6.97. The zero-order valence-corrected chi connectivity index (χ0v) is 16.8. The summed E-state index contributed by atoms with van der Waals surface area (Å²) < 4.78 is 14.0. The average Bonchev–Trinajstić information content (AvgIpc) is 2.99. The summed E-state index contributed by atoms with van der Waals surface area (Å²) in [5.41, 5.74) is 1.63. The van der Waals surface area contributed by atoms with E-state index in [2.05, 4.69) is 12.2 Å². The lowest BCUT2D eigenvalue weighted by Gasteiger charge is -2.22. The number of hydrogen-bond donors (Lipinski definition) is 1. The number of nitrogens with zero attached hydrogens (tertiary/aromatic N) is 1. The van der Waals surface area contributed by atoms with Gasteiger partial charge in [0.15, 0.2) is 0 Å². The van der Waals surface area contributed by atoms with E-state index in [1.165, 1.54) is 23.5 Å². The molecule has 4 nitrogen and oxygen atoms in total. The monoisotopic (exact) mass is 388 g/mol. The molecule has 1 atom stereocenters. The normalized spacial score (nSPS) is 15.9. The molecule has 3 rings (SSSR count). The van der Waals surface area contributed by atoms with Crippen LogP contribution in [0.25, 0.3) is 0 Å². The van der Waals surface area contributed by atoms with Gasteiger partial charge in [0.2, 0.25) is 0 Å². The van der Waals surface area contributed by atoms with Crippen molar-refractivity contribution >= 4 is 28.2 Å². The Hall–Kier alpha value is -2.21. The Kier molecular flexibility index (Phi) is 5.95. The molecule has 0 aliphatic heterocycles. The Labute approximate surface area is 163 Å². The first-order valence-corrected chi connectivity index (χ1v) is 10.3. The number of anilines is 1. The second-order valence-corrected chi connectivity index (χ2v) is 8.07. The number of hydrogen-bond acceptors (Lipinski definition) is 3. The maximum absolute atomic E-state index is 14.0. The van der Waals surface area contributed by atoms with Gasteiger partial charge >= 0.3 is 0 Å². The van der Waals surface area contributed by atoms with Gasteiger partial charge in [-0.05, 0) is 56.7 Å². The molecule has 0 saturated heterocycles. The number of halogens is 1. The van der Waals surface area contributed by atoms with Crippen molar-refractivity contribution in [2.75, 3.05) is 18.4 Å². The molecule has 0 fully saturated rings. The van der Waals surface area contributed by atoms with Gasteiger partial charge in [-0.3, -0.25) is 9.59 Å². The number of benzene rings is 1. The van der Waals surface area contributed by atoms with Crippen LogP contribution in [0, 0.1) is 11.7 Å². The second kappa shape index (κ2) is 8.21. The number of nitrogens with one attached hydrogen (secondary N) is 1. The highest BCUT2D eigenvalue weighted by atomic mass is 32.1. The molecule has 1 aromatic carbocycles. The fourth-order valence-electron chi connectivity index (χ4n) is 3.55. The number of carbonyl (C=O) groups is 2. The Bertz CT molecular complexity index is 858. The van der Waals surface area contributed by atoms with Crippen LogP contribution in [-0.2, 0) is 12.8 Å². The smallest absolute Gasteiger partial charge is 0.259 e. The molecule has 1 aliphatic rings. The SMILES string of the molecule is CCN(CC)C(=O)c1c(NC(=O)c2ccccc2F)sc2c1CCC(C)C2. The molecule has 1 N–H and O–H groups in total. The molecule has 27 heavy (non-hydrogen) atoms. The van der Waals surface area contributed by atoms with Crippen LogP contribution in [0.4, 0.5) is 9.39 Å². The van der Waals surface area contributed by atoms with Crippen molar-refractivity contribution in [2.24, 2.45) is 5.92 Å². The third kappa shape index (κ3) is 3.90. The number of amides is 2. The predicted octanol–water partition coefficient (Wildman–Crippen LogP) is 4.75. The van der Waals surface area contributed by atoms with E-state index in [-0.39, 0.29) is 11.5 Å². The summed E-state index contributed by atoms with van der Waals surface area (Å²) in [6.07, 6.45) is 2.78. The van der Waals surface area contributed by atoms with Gasteiger partial charge < -0.3 is 10.2 Å². The van der Waals surface area contributed by atoms with Gasteiger partial charge in [-0.1, -0.05) is 19.1 Å². The lowest BCUT2D eigenvalue weighted by Crippen LogP contribution is -2.32. The van der Waals surface area contributed by atoms with Crippen molar-refractivity contribution in [3.8, 4) is 0 Å². The first-order chi connectivity index (χ1) is 13.0. The molecule has 0 saturated carbocycles. The molecule has 1 heterocycles. The van der Waals surface area contributed by atoms with Gasteiger partial charge in [-0.15, -0.1) is 11.3 Å². The van der Waals surface area contributed by atoms with E-state index in [1.807, 2.05) is 13.8 Å². The van der Waals surface area contributed by atoms with E-state index in [1.54, 1.807) is 17.0 Å². The van der Waals surface area contributed by atoms with E-state index < -0.39 is 11.7 Å². The van der Waals surface area contributed by atoms with E-state index in [0.29, 0.717) is 29.6 Å². The summed E-state index contributed by atoms with van der Waals surface area (Å²) in [6, 6.07) is 5.89. The van der Waals surface area contributed by atoms with Crippen molar-refractivity contribution in [1.82, 2.24) is 4.90 Å². The Morgan fingerprint density at radius 3 is 2.63 bits per heavy atom. The lowest BCUT2D eigenvalue weighted by molar-refractivity contribution is 0.0773. The molecule has 144 valence electrons. The minimum Gasteiger partial charge on any atom is -0.339 e. The first-order valence-electron chi connectivity index (χ1n) is 9.45. The van der Waals surface area contributed by atoms with Crippen LogP contribution in [-0.4, -0.2) is 29.8 Å². The molecule has 1 aromatic heterocycles. The summed E-state index contributed by atoms with van der Waals surface area (Å²) >= 11 is 1.46. The molecule has 6 heteroatoms. The highest BCUT2D eigenvalue weighted by Gasteiger charge is 2.30. The molecule has 1 aliphatic carbocycles. The summed E-state index contributed by atoms with van der Waals surface area (Å²) in [5, 5.41) is 3.36. The highest BCUT2D eigenvalue weighted by molar-refractivity contribution is 7.17. The van der Waals surface area contributed by atoms with Crippen molar-refractivity contribution in [3.05, 3.63) is 51.7 Å². The zero-order chi connectivity index (χ0) is 19.6. The topological polar surface area (TPSA) is 49.4 Å².